The molecule has 1 heterocycles. The Bertz CT molecular complexity index is 452. The lowest BCUT2D eigenvalue weighted by Crippen LogP contribution is -2.08. The molecule has 0 atom stereocenters. The fraction of sp³-hybridized carbons (Fsp3) is 0.500. The molecule has 0 saturated heterocycles. The van der Waals surface area contributed by atoms with Crippen molar-refractivity contribution in [2.75, 3.05) is 12.5 Å². The average Bonchev–Trinajstić information content (AvgIpc) is 2.58. The van der Waals surface area contributed by atoms with Gasteiger partial charge in [0.05, 0.1) is 12.5 Å². The Balaban J connectivity index is 2.56. The number of benzene rings is 1. The van der Waals surface area contributed by atoms with Crippen molar-refractivity contribution in [3.8, 4) is 5.75 Å². The number of Topliss-reactive ketones (excluding diaryl/α,β-unsaturated/α-hetero) is 1. The summed E-state index contributed by atoms with van der Waals surface area (Å²) < 4.78 is 5.78. The highest BCUT2D eigenvalue weighted by Gasteiger charge is 2.19. The van der Waals surface area contributed by atoms with Crippen LogP contribution in [-0.4, -0.2) is 18.3 Å². The first-order valence-corrected chi connectivity index (χ1v) is 6.53. The first-order chi connectivity index (χ1) is 8.15. The van der Waals surface area contributed by atoms with E-state index >= 15 is 0 Å². The van der Waals surface area contributed by atoms with Gasteiger partial charge in [0.25, 0.3) is 0 Å². The van der Waals surface area contributed by atoms with Gasteiger partial charge in [-0.05, 0) is 55.9 Å². The molecule has 0 aromatic heterocycles. The normalized spacial score (nSPS) is 14.8. The predicted molar refractivity (Wildman–Crippen MR) is 69.4 cm³/mol. The van der Waals surface area contributed by atoms with E-state index in [0.29, 0.717) is 0 Å². The second kappa shape index (κ2) is 5.09. The summed E-state index contributed by atoms with van der Waals surface area (Å²) in [7, 11) is 0. The number of hydrogen-bond donors (Lipinski definition) is 0. The van der Waals surface area contributed by atoms with Gasteiger partial charge in [0, 0.05) is 5.56 Å². The van der Waals surface area contributed by atoms with E-state index < -0.39 is 0 Å². The van der Waals surface area contributed by atoms with Crippen LogP contribution in [0.25, 0.3) is 0 Å². The monoisotopic (exact) mass is 252 g/mol. The van der Waals surface area contributed by atoms with E-state index in [2.05, 4.69) is 0 Å². The van der Waals surface area contributed by atoms with E-state index in [1.807, 2.05) is 19.9 Å². The van der Waals surface area contributed by atoms with E-state index in [0.717, 1.165) is 48.3 Å². The fourth-order valence-corrected chi connectivity index (χ4v) is 2.55. The highest BCUT2D eigenvalue weighted by molar-refractivity contribution is 6.30. The number of carbonyl (C=O) groups is 1. The lowest BCUT2D eigenvalue weighted by Gasteiger charge is -2.16. The van der Waals surface area contributed by atoms with Crippen LogP contribution in [0.3, 0.4) is 0 Å². The molecule has 92 valence electrons. The molecule has 0 saturated carbocycles. The van der Waals surface area contributed by atoms with Crippen molar-refractivity contribution in [3.63, 3.8) is 0 Å². The number of hydrogen-bond acceptors (Lipinski definition) is 2. The summed E-state index contributed by atoms with van der Waals surface area (Å²) in [6.07, 6.45) is 3.18. The van der Waals surface area contributed by atoms with Crippen LogP contribution in [0.4, 0.5) is 0 Å². The molecule has 1 aromatic carbocycles. The largest absolute Gasteiger partial charge is 0.493 e. The zero-order valence-corrected chi connectivity index (χ0v) is 11.1. The van der Waals surface area contributed by atoms with Crippen LogP contribution in [-0.2, 0) is 6.42 Å². The third-order valence-electron chi connectivity index (χ3n) is 3.34. The maximum absolute atomic E-state index is 11.8. The Kier molecular flexibility index (Phi) is 3.72. The Morgan fingerprint density at radius 2 is 2.18 bits per heavy atom. The fourth-order valence-electron chi connectivity index (χ4n) is 2.40. The molecule has 1 aliphatic rings. The molecule has 3 heteroatoms. The Morgan fingerprint density at radius 3 is 2.88 bits per heavy atom. The summed E-state index contributed by atoms with van der Waals surface area (Å²) in [6, 6.07) is 1.91. The van der Waals surface area contributed by atoms with Crippen LogP contribution in [0.2, 0.25) is 0 Å². The molecule has 17 heavy (non-hydrogen) atoms. The van der Waals surface area contributed by atoms with Gasteiger partial charge in [0.1, 0.15) is 5.75 Å². The highest BCUT2D eigenvalue weighted by atomic mass is 35.5. The minimum atomic E-state index is -0.000636. The molecule has 0 amide bonds. The number of rotatable bonds is 2. The third-order valence-corrected chi connectivity index (χ3v) is 3.58. The number of carbonyl (C=O) groups excluding carboxylic acids is 1. The van der Waals surface area contributed by atoms with Gasteiger partial charge in [-0.2, -0.15) is 0 Å². The van der Waals surface area contributed by atoms with E-state index in [-0.39, 0.29) is 11.7 Å². The van der Waals surface area contributed by atoms with Crippen molar-refractivity contribution in [2.45, 2.75) is 33.1 Å². The van der Waals surface area contributed by atoms with Gasteiger partial charge in [0.15, 0.2) is 5.78 Å². The highest BCUT2D eigenvalue weighted by Crippen LogP contribution is 2.33. The molecule has 0 spiro atoms. The van der Waals surface area contributed by atoms with Gasteiger partial charge in [-0.15, -0.1) is 11.6 Å². The molecule has 0 aliphatic carbocycles. The van der Waals surface area contributed by atoms with Gasteiger partial charge in [0.2, 0.25) is 0 Å². The first-order valence-electron chi connectivity index (χ1n) is 6.00. The summed E-state index contributed by atoms with van der Waals surface area (Å²) in [5.74, 6) is 1.02. The maximum Gasteiger partial charge on any atom is 0.177 e. The standard InChI is InChI=1S/C14H17ClO2/c1-9-7-12(13(16)8-15)10(2)11-5-3-4-6-17-14(9)11/h7H,3-6,8H2,1-2H3. The number of ketones is 1. The molecular weight excluding hydrogens is 236 g/mol. The van der Waals surface area contributed by atoms with Crippen molar-refractivity contribution in [3.05, 3.63) is 28.3 Å². The molecule has 0 radical (unpaired) electrons. The Labute approximate surface area is 107 Å². The molecule has 0 bridgehead atoms. The molecule has 0 unspecified atom stereocenters. The molecule has 1 aromatic rings. The molecular formula is C14H17ClO2. The zero-order chi connectivity index (χ0) is 12.4. The van der Waals surface area contributed by atoms with E-state index in [1.54, 1.807) is 0 Å². The zero-order valence-electron chi connectivity index (χ0n) is 10.3. The van der Waals surface area contributed by atoms with Crippen molar-refractivity contribution < 1.29 is 9.53 Å². The topological polar surface area (TPSA) is 26.3 Å². The molecule has 0 fully saturated rings. The van der Waals surface area contributed by atoms with Crippen LogP contribution in [0.15, 0.2) is 6.07 Å². The SMILES string of the molecule is Cc1cc(C(=O)CCl)c(C)c2c1OCCCC2. The van der Waals surface area contributed by atoms with Crippen molar-refractivity contribution in [2.24, 2.45) is 0 Å². The van der Waals surface area contributed by atoms with Crippen molar-refractivity contribution >= 4 is 17.4 Å². The predicted octanol–water partition coefficient (Wildman–Crippen LogP) is 3.44. The number of aryl methyl sites for hydroxylation is 1. The lowest BCUT2D eigenvalue weighted by molar-refractivity contribution is 0.102. The molecule has 2 rings (SSSR count). The van der Waals surface area contributed by atoms with Crippen LogP contribution in [0, 0.1) is 13.8 Å². The lowest BCUT2D eigenvalue weighted by atomic mass is 9.93. The van der Waals surface area contributed by atoms with Crippen LogP contribution < -0.4 is 4.74 Å². The second-order valence-electron chi connectivity index (χ2n) is 4.54. The summed E-state index contributed by atoms with van der Waals surface area (Å²) in [4.78, 5) is 11.8. The summed E-state index contributed by atoms with van der Waals surface area (Å²) in [6.45, 7) is 4.76. The van der Waals surface area contributed by atoms with Crippen LogP contribution in [0.1, 0.15) is 39.9 Å². The van der Waals surface area contributed by atoms with Crippen molar-refractivity contribution in [1.29, 1.82) is 0 Å². The average molecular weight is 253 g/mol. The van der Waals surface area contributed by atoms with Gasteiger partial charge < -0.3 is 4.74 Å². The summed E-state index contributed by atoms with van der Waals surface area (Å²) in [5, 5.41) is 0. The van der Waals surface area contributed by atoms with Gasteiger partial charge in [-0.3, -0.25) is 4.79 Å². The first kappa shape index (κ1) is 12.4. The number of fused-ring (bicyclic) bond motifs is 1. The number of halogens is 1. The van der Waals surface area contributed by atoms with E-state index in [4.69, 9.17) is 16.3 Å². The quantitative estimate of drug-likeness (QED) is 0.595. The van der Waals surface area contributed by atoms with E-state index in [1.165, 1.54) is 5.56 Å². The number of ether oxygens (including phenoxy) is 1. The Hall–Kier alpha value is -1.02. The smallest absolute Gasteiger partial charge is 0.177 e. The van der Waals surface area contributed by atoms with E-state index in [9.17, 15) is 4.79 Å². The Morgan fingerprint density at radius 1 is 1.41 bits per heavy atom. The van der Waals surface area contributed by atoms with Crippen LogP contribution in [0.5, 0.6) is 5.75 Å². The summed E-state index contributed by atoms with van der Waals surface area (Å²) in [5.41, 5.74) is 4.02. The summed E-state index contributed by atoms with van der Waals surface area (Å²) >= 11 is 5.65. The van der Waals surface area contributed by atoms with Crippen LogP contribution >= 0.6 is 11.6 Å². The second-order valence-corrected chi connectivity index (χ2v) is 4.80. The minimum Gasteiger partial charge on any atom is -0.493 e. The van der Waals surface area contributed by atoms with Crippen molar-refractivity contribution in [1.82, 2.24) is 0 Å². The maximum atomic E-state index is 11.8. The third kappa shape index (κ3) is 2.32. The van der Waals surface area contributed by atoms with Gasteiger partial charge >= 0.3 is 0 Å². The minimum absolute atomic E-state index is 0.000636. The van der Waals surface area contributed by atoms with Gasteiger partial charge in [-0.1, -0.05) is 0 Å². The molecule has 2 nitrogen and oxygen atoms in total. The molecule has 0 N–H and O–H groups in total. The number of alkyl halides is 1. The molecule has 1 aliphatic heterocycles. The van der Waals surface area contributed by atoms with Gasteiger partial charge in [-0.25, -0.2) is 0 Å².